The van der Waals surface area contributed by atoms with Gasteiger partial charge in [-0.25, -0.2) is 12.8 Å². The first-order valence-corrected chi connectivity index (χ1v) is 12.4. The summed E-state index contributed by atoms with van der Waals surface area (Å²) in [7, 11) is -3.17. The number of aromatic nitrogens is 1. The summed E-state index contributed by atoms with van der Waals surface area (Å²) in [5.41, 5.74) is -0.300. The molecule has 0 saturated carbocycles. The molecule has 0 fully saturated rings. The molecular weight excluding hydrogens is 461 g/mol. The van der Waals surface area contributed by atoms with Gasteiger partial charge in [0.05, 0.1) is 5.75 Å². The summed E-state index contributed by atoms with van der Waals surface area (Å²) in [6.45, 7) is -0.457. The van der Waals surface area contributed by atoms with Crippen molar-refractivity contribution >= 4 is 33.3 Å². The van der Waals surface area contributed by atoms with E-state index in [1.54, 1.807) is 24.3 Å². The number of hydrogen-bond donors (Lipinski definition) is 1. The quantitative estimate of drug-likeness (QED) is 0.616. The number of amides is 2. The molecule has 0 atom stereocenters. The highest BCUT2D eigenvalue weighted by Crippen LogP contribution is 2.18. The summed E-state index contributed by atoms with van der Waals surface area (Å²) in [6, 6.07) is 7.92. The first-order valence-electron chi connectivity index (χ1n) is 9.93. The predicted molar refractivity (Wildman–Crippen MR) is 118 cm³/mol. The molecule has 0 bridgehead atoms. The molecule has 32 heavy (non-hydrogen) atoms. The zero-order valence-corrected chi connectivity index (χ0v) is 19.0. The number of benzene rings is 1. The number of pyridine rings is 1. The molecule has 0 aliphatic carbocycles. The molecule has 0 saturated heterocycles. The second-order valence-corrected chi connectivity index (χ2v) is 10.3. The highest BCUT2D eigenvalue weighted by atomic mass is 35.5. The topological polar surface area (TPSA) is 106 Å². The molecule has 172 valence electrons. The van der Waals surface area contributed by atoms with E-state index >= 15 is 0 Å². The van der Waals surface area contributed by atoms with Crippen LogP contribution in [0.5, 0.6) is 0 Å². The first-order chi connectivity index (χ1) is 15.1. The number of nitrogens with one attached hydrogen (secondary N) is 1. The van der Waals surface area contributed by atoms with Crippen LogP contribution in [0, 0.1) is 0 Å². The van der Waals surface area contributed by atoms with Crippen molar-refractivity contribution in [2.45, 2.75) is 26.2 Å². The lowest BCUT2D eigenvalue weighted by Crippen LogP contribution is -2.47. The first kappa shape index (κ1) is 23.9. The maximum Gasteiger partial charge on any atom is 0.271 e. The molecular formula is C21H23ClFN3O5S. The third-order valence-electron chi connectivity index (χ3n) is 5.15. The SMILES string of the molecule is CS(=O)(=O)CCCN1CCn2c(c(CF)cc(C(=O)NCc3ccc(Cl)cc3)c2=O)C1=O. The highest BCUT2D eigenvalue weighted by Gasteiger charge is 2.30. The summed E-state index contributed by atoms with van der Waals surface area (Å²) < 4.78 is 37.5. The Bertz CT molecular complexity index is 1200. The summed E-state index contributed by atoms with van der Waals surface area (Å²) in [4.78, 5) is 39.8. The molecule has 1 aromatic heterocycles. The third-order valence-corrected chi connectivity index (χ3v) is 6.43. The van der Waals surface area contributed by atoms with Gasteiger partial charge in [-0.05, 0) is 30.2 Å². The monoisotopic (exact) mass is 483 g/mol. The lowest BCUT2D eigenvalue weighted by molar-refractivity contribution is 0.0696. The van der Waals surface area contributed by atoms with E-state index < -0.39 is 33.9 Å². The molecule has 0 unspecified atom stereocenters. The highest BCUT2D eigenvalue weighted by molar-refractivity contribution is 7.90. The largest absolute Gasteiger partial charge is 0.348 e. The number of carbonyl (C=O) groups excluding carboxylic acids is 2. The molecule has 1 N–H and O–H groups in total. The minimum absolute atomic E-state index is 0.0564. The van der Waals surface area contributed by atoms with Gasteiger partial charge >= 0.3 is 0 Å². The van der Waals surface area contributed by atoms with Crippen molar-refractivity contribution in [1.82, 2.24) is 14.8 Å². The zero-order valence-electron chi connectivity index (χ0n) is 17.4. The minimum atomic E-state index is -3.17. The minimum Gasteiger partial charge on any atom is -0.348 e. The molecule has 1 aliphatic heterocycles. The molecule has 11 heteroatoms. The third kappa shape index (κ3) is 5.55. The molecule has 2 heterocycles. The smallest absolute Gasteiger partial charge is 0.271 e. The Kier molecular flexibility index (Phi) is 7.35. The Morgan fingerprint density at radius 2 is 1.88 bits per heavy atom. The van der Waals surface area contributed by atoms with Crippen molar-refractivity contribution < 1.29 is 22.4 Å². The number of hydrogen-bond acceptors (Lipinski definition) is 5. The second-order valence-electron chi connectivity index (χ2n) is 7.61. The van der Waals surface area contributed by atoms with Crippen LogP contribution < -0.4 is 10.9 Å². The van der Waals surface area contributed by atoms with Gasteiger partial charge in [0.1, 0.15) is 27.8 Å². The van der Waals surface area contributed by atoms with E-state index in [9.17, 15) is 27.2 Å². The van der Waals surface area contributed by atoms with E-state index in [1.165, 1.54) is 4.90 Å². The summed E-state index contributed by atoms with van der Waals surface area (Å²) >= 11 is 5.84. The number of carbonyl (C=O) groups is 2. The van der Waals surface area contributed by atoms with Crippen molar-refractivity contribution in [2.24, 2.45) is 0 Å². The van der Waals surface area contributed by atoms with E-state index in [2.05, 4.69) is 5.32 Å². The van der Waals surface area contributed by atoms with Gasteiger partial charge in [0.15, 0.2) is 0 Å². The number of alkyl halides is 1. The van der Waals surface area contributed by atoms with Crippen LogP contribution in [0.1, 0.15) is 38.4 Å². The molecule has 2 aromatic rings. The van der Waals surface area contributed by atoms with Crippen LogP contribution >= 0.6 is 11.6 Å². The van der Waals surface area contributed by atoms with Gasteiger partial charge in [0.2, 0.25) is 0 Å². The standard InChI is InChI=1S/C21H23ClFN3O5S/c1-32(30,31)10-2-7-25-8-9-26-18(21(25)29)15(12-23)11-17(20(26)28)19(27)24-13-14-3-5-16(22)6-4-14/h3-6,11H,2,7-10,12-13H2,1H3,(H,24,27). The number of sulfone groups is 1. The Morgan fingerprint density at radius 3 is 2.50 bits per heavy atom. The summed E-state index contributed by atoms with van der Waals surface area (Å²) in [6.07, 6.45) is 1.35. The van der Waals surface area contributed by atoms with Crippen molar-refractivity contribution in [2.75, 3.05) is 25.1 Å². The predicted octanol–water partition coefficient (Wildman–Crippen LogP) is 1.79. The zero-order chi connectivity index (χ0) is 23.5. The van der Waals surface area contributed by atoms with Crippen LogP contribution in [0.15, 0.2) is 35.1 Å². The summed E-state index contributed by atoms with van der Waals surface area (Å²) in [5, 5.41) is 3.18. The van der Waals surface area contributed by atoms with Gasteiger partial charge < -0.3 is 14.8 Å². The lowest BCUT2D eigenvalue weighted by atomic mass is 10.1. The van der Waals surface area contributed by atoms with Gasteiger partial charge in [-0.3, -0.25) is 14.4 Å². The summed E-state index contributed by atoms with van der Waals surface area (Å²) in [5.74, 6) is -1.30. The van der Waals surface area contributed by atoms with Crippen molar-refractivity contribution in [3.63, 3.8) is 0 Å². The fourth-order valence-electron chi connectivity index (χ4n) is 3.54. The van der Waals surface area contributed by atoms with Crippen molar-refractivity contribution in [3.8, 4) is 0 Å². The fourth-order valence-corrected chi connectivity index (χ4v) is 4.32. The van der Waals surface area contributed by atoms with Crippen LogP contribution in [-0.2, 0) is 29.6 Å². The molecule has 1 aromatic carbocycles. The van der Waals surface area contributed by atoms with Gasteiger partial charge in [-0.15, -0.1) is 0 Å². The van der Waals surface area contributed by atoms with Crippen LogP contribution in [-0.4, -0.2) is 54.8 Å². The number of rotatable bonds is 8. The van der Waals surface area contributed by atoms with Gasteiger partial charge in [0, 0.05) is 43.0 Å². The second kappa shape index (κ2) is 9.83. The number of halogens is 2. The molecule has 8 nitrogen and oxygen atoms in total. The van der Waals surface area contributed by atoms with Gasteiger partial charge in [0.25, 0.3) is 17.4 Å². The van der Waals surface area contributed by atoms with E-state index in [0.29, 0.717) is 5.02 Å². The van der Waals surface area contributed by atoms with Crippen LogP contribution in [0.25, 0.3) is 0 Å². The average molecular weight is 484 g/mol. The number of fused-ring (bicyclic) bond motifs is 1. The van der Waals surface area contributed by atoms with Crippen LogP contribution in [0.3, 0.4) is 0 Å². The lowest BCUT2D eigenvalue weighted by Gasteiger charge is -2.31. The van der Waals surface area contributed by atoms with Crippen molar-refractivity contribution in [3.05, 3.63) is 68.1 Å². The molecule has 3 rings (SSSR count). The van der Waals surface area contributed by atoms with E-state index in [4.69, 9.17) is 11.6 Å². The van der Waals surface area contributed by atoms with E-state index in [1.807, 2.05) is 0 Å². The Hall–Kier alpha value is -2.72. The number of nitrogens with zero attached hydrogens (tertiary/aromatic N) is 2. The molecule has 2 amide bonds. The van der Waals surface area contributed by atoms with Crippen LogP contribution in [0.2, 0.25) is 5.02 Å². The van der Waals surface area contributed by atoms with Gasteiger partial charge in [-0.2, -0.15) is 0 Å². The molecule has 0 spiro atoms. The normalized spacial score (nSPS) is 13.7. The maximum atomic E-state index is 13.8. The Balaban J connectivity index is 1.81. The maximum absolute atomic E-state index is 13.8. The Labute approximate surface area is 189 Å². The Morgan fingerprint density at radius 1 is 1.19 bits per heavy atom. The molecule has 1 aliphatic rings. The van der Waals surface area contributed by atoms with Crippen molar-refractivity contribution in [1.29, 1.82) is 0 Å². The van der Waals surface area contributed by atoms with Gasteiger partial charge in [-0.1, -0.05) is 23.7 Å². The van der Waals surface area contributed by atoms with Crippen LogP contribution in [0.4, 0.5) is 4.39 Å². The fraction of sp³-hybridized carbons (Fsp3) is 0.381. The van der Waals surface area contributed by atoms with E-state index in [0.717, 1.165) is 22.5 Å². The average Bonchev–Trinajstić information content (AvgIpc) is 2.74. The van der Waals surface area contributed by atoms with E-state index in [-0.39, 0.29) is 55.2 Å². The molecule has 0 radical (unpaired) electrons.